The smallest absolute Gasteiger partial charge is 0.260 e. The molecule has 132 valence electrons. The summed E-state index contributed by atoms with van der Waals surface area (Å²) in [5, 5.41) is 0.690. The largest absolute Gasteiger partial charge is 0.494 e. The first-order valence-corrected chi connectivity index (χ1v) is 8.15. The zero-order chi connectivity index (χ0) is 18.0. The Hall–Kier alpha value is -2.60. The first-order chi connectivity index (χ1) is 12.0. The summed E-state index contributed by atoms with van der Waals surface area (Å²) in [6.45, 7) is 2.00. The van der Waals surface area contributed by atoms with Gasteiger partial charge in [-0.2, -0.15) is 0 Å². The van der Waals surface area contributed by atoms with E-state index in [0.29, 0.717) is 18.5 Å². The van der Waals surface area contributed by atoms with Gasteiger partial charge in [-0.15, -0.1) is 0 Å². The van der Waals surface area contributed by atoms with E-state index in [9.17, 15) is 9.18 Å². The lowest BCUT2D eigenvalue weighted by Crippen LogP contribution is -2.26. The maximum Gasteiger partial charge on any atom is 0.260 e. The Morgan fingerprint density at radius 2 is 1.88 bits per heavy atom. The Morgan fingerprint density at radius 3 is 2.60 bits per heavy atom. The van der Waals surface area contributed by atoms with Crippen LogP contribution < -0.4 is 10.3 Å². The molecule has 3 rings (SSSR count). The highest BCUT2D eigenvalue weighted by Crippen LogP contribution is 2.20. The van der Waals surface area contributed by atoms with Crippen LogP contribution in [-0.4, -0.2) is 41.8 Å². The standard InChI is InChI=1S/C19H22FN3O2/c1-21(2)10-11-22-9-7-17-15(19(22)24)6-8-23(17)13-14-4-5-16(20)18(12-14)25-3/h4-9,12H,10-11,13H2,1-3H3. The number of halogens is 1. The lowest BCUT2D eigenvalue weighted by Gasteiger charge is -2.12. The molecule has 0 N–H and O–H groups in total. The molecular formula is C19H22FN3O2. The zero-order valence-electron chi connectivity index (χ0n) is 14.7. The lowest BCUT2D eigenvalue weighted by atomic mass is 10.2. The topological polar surface area (TPSA) is 39.4 Å². The highest BCUT2D eigenvalue weighted by atomic mass is 19.1. The minimum atomic E-state index is -0.382. The summed E-state index contributed by atoms with van der Waals surface area (Å²) >= 11 is 0. The second kappa shape index (κ2) is 7.11. The van der Waals surface area contributed by atoms with E-state index in [2.05, 4.69) is 0 Å². The van der Waals surface area contributed by atoms with Crippen molar-refractivity contribution >= 4 is 10.9 Å². The lowest BCUT2D eigenvalue weighted by molar-refractivity contribution is 0.381. The van der Waals surface area contributed by atoms with Gasteiger partial charge in [0.1, 0.15) is 0 Å². The third-order valence-corrected chi connectivity index (χ3v) is 4.27. The molecule has 2 heterocycles. The number of pyridine rings is 1. The van der Waals surface area contributed by atoms with E-state index in [0.717, 1.165) is 17.6 Å². The Morgan fingerprint density at radius 1 is 1.12 bits per heavy atom. The van der Waals surface area contributed by atoms with E-state index in [1.165, 1.54) is 13.2 Å². The summed E-state index contributed by atoms with van der Waals surface area (Å²) in [6.07, 6.45) is 3.72. The summed E-state index contributed by atoms with van der Waals surface area (Å²) in [7, 11) is 5.41. The van der Waals surface area contributed by atoms with Crippen molar-refractivity contribution in [1.82, 2.24) is 14.0 Å². The average Bonchev–Trinajstić information content (AvgIpc) is 2.99. The molecule has 1 aromatic carbocycles. The van der Waals surface area contributed by atoms with Crippen molar-refractivity contribution in [1.29, 1.82) is 0 Å². The first-order valence-electron chi connectivity index (χ1n) is 8.15. The van der Waals surface area contributed by atoms with Crippen molar-refractivity contribution in [3.05, 3.63) is 64.5 Å². The van der Waals surface area contributed by atoms with Crippen LogP contribution >= 0.6 is 0 Å². The number of hydrogen-bond acceptors (Lipinski definition) is 3. The Labute approximate surface area is 145 Å². The average molecular weight is 343 g/mol. The molecule has 0 aliphatic rings. The van der Waals surface area contributed by atoms with Crippen molar-refractivity contribution in [3.63, 3.8) is 0 Å². The second-order valence-electron chi connectivity index (χ2n) is 6.33. The van der Waals surface area contributed by atoms with Crippen molar-refractivity contribution < 1.29 is 9.13 Å². The van der Waals surface area contributed by atoms with Crippen LogP contribution in [0.1, 0.15) is 5.56 Å². The minimum absolute atomic E-state index is 0.00906. The molecule has 2 aromatic heterocycles. The molecule has 5 nitrogen and oxygen atoms in total. The summed E-state index contributed by atoms with van der Waals surface area (Å²) in [6, 6.07) is 8.59. The second-order valence-corrected chi connectivity index (χ2v) is 6.33. The molecular weight excluding hydrogens is 321 g/mol. The Kier molecular flexibility index (Phi) is 4.90. The van der Waals surface area contributed by atoms with E-state index >= 15 is 0 Å². The van der Waals surface area contributed by atoms with Crippen LogP contribution in [0.5, 0.6) is 5.75 Å². The highest BCUT2D eigenvalue weighted by molar-refractivity contribution is 5.79. The predicted octanol–water partition coefficient (Wildman–Crippen LogP) is 2.56. The summed E-state index contributed by atoms with van der Waals surface area (Å²) in [4.78, 5) is 14.7. The number of fused-ring (bicyclic) bond motifs is 1. The molecule has 0 saturated heterocycles. The number of ether oxygens (including phenoxy) is 1. The van der Waals surface area contributed by atoms with Gasteiger partial charge in [0.15, 0.2) is 11.6 Å². The number of rotatable bonds is 6. The molecule has 0 atom stereocenters. The van der Waals surface area contributed by atoms with Gasteiger partial charge < -0.3 is 18.8 Å². The molecule has 0 saturated carbocycles. The number of hydrogen-bond donors (Lipinski definition) is 0. The van der Waals surface area contributed by atoms with Gasteiger partial charge in [0.05, 0.1) is 18.0 Å². The fourth-order valence-electron chi connectivity index (χ4n) is 2.86. The first kappa shape index (κ1) is 17.2. The zero-order valence-corrected chi connectivity index (χ0v) is 14.7. The van der Waals surface area contributed by atoms with Crippen molar-refractivity contribution in [2.75, 3.05) is 27.7 Å². The molecule has 3 aromatic rings. The van der Waals surface area contributed by atoms with Gasteiger partial charge in [0.25, 0.3) is 5.56 Å². The van der Waals surface area contributed by atoms with Crippen LogP contribution in [0.15, 0.2) is 47.5 Å². The Balaban J connectivity index is 1.91. The van der Waals surface area contributed by atoms with E-state index in [4.69, 9.17) is 4.74 Å². The summed E-state index contributed by atoms with van der Waals surface area (Å²) < 4.78 is 22.3. The van der Waals surface area contributed by atoms with Gasteiger partial charge in [-0.1, -0.05) is 6.07 Å². The van der Waals surface area contributed by atoms with Gasteiger partial charge in [-0.25, -0.2) is 4.39 Å². The van der Waals surface area contributed by atoms with Crippen molar-refractivity contribution in [2.45, 2.75) is 13.1 Å². The molecule has 0 aliphatic carbocycles. The molecule has 0 radical (unpaired) electrons. The summed E-state index contributed by atoms with van der Waals surface area (Å²) in [5.74, 6) is -0.160. The molecule has 0 unspecified atom stereocenters. The molecule has 25 heavy (non-hydrogen) atoms. The fraction of sp³-hybridized carbons (Fsp3) is 0.316. The van der Waals surface area contributed by atoms with E-state index in [-0.39, 0.29) is 17.1 Å². The Bertz CT molecular complexity index is 943. The number of methoxy groups -OCH3 is 1. The third-order valence-electron chi connectivity index (χ3n) is 4.27. The van der Waals surface area contributed by atoms with Crippen molar-refractivity contribution in [2.24, 2.45) is 0 Å². The summed E-state index contributed by atoms with van der Waals surface area (Å²) in [5.41, 5.74) is 1.79. The molecule has 0 spiro atoms. The normalized spacial score (nSPS) is 11.4. The van der Waals surface area contributed by atoms with Crippen LogP contribution in [0.2, 0.25) is 0 Å². The molecule has 0 fully saturated rings. The van der Waals surface area contributed by atoms with Gasteiger partial charge in [0, 0.05) is 32.0 Å². The van der Waals surface area contributed by atoms with Gasteiger partial charge in [-0.3, -0.25) is 4.79 Å². The van der Waals surface area contributed by atoms with Crippen LogP contribution in [0.25, 0.3) is 10.9 Å². The van der Waals surface area contributed by atoms with Crippen LogP contribution in [0.3, 0.4) is 0 Å². The van der Waals surface area contributed by atoms with E-state index < -0.39 is 0 Å². The molecule has 0 amide bonds. The van der Waals surface area contributed by atoms with Crippen LogP contribution in [0, 0.1) is 5.82 Å². The molecule has 0 aliphatic heterocycles. The predicted molar refractivity (Wildman–Crippen MR) is 96.8 cm³/mol. The van der Waals surface area contributed by atoms with Crippen molar-refractivity contribution in [3.8, 4) is 5.75 Å². The van der Waals surface area contributed by atoms with Crippen LogP contribution in [-0.2, 0) is 13.1 Å². The minimum Gasteiger partial charge on any atom is -0.494 e. The molecule has 6 heteroatoms. The number of aromatic nitrogens is 2. The maximum absolute atomic E-state index is 13.5. The van der Waals surface area contributed by atoms with Gasteiger partial charge in [0.2, 0.25) is 0 Å². The number of nitrogens with zero attached hydrogens (tertiary/aromatic N) is 3. The van der Waals surface area contributed by atoms with Gasteiger partial charge in [-0.05, 0) is 43.9 Å². The maximum atomic E-state index is 13.5. The van der Waals surface area contributed by atoms with E-state index in [1.54, 1.807) is 16.7 Å². The quantitative estimate of drug-likeness (QED) is 0.691. The highest BCUT2D eigenvalue weighted by Gasteiger charge is 2.09. The number of benzene rings is 1. The SMILES string of the molecule is COc1cc(Cn2ccc3c(=O)n(CCN(C)C)ccc32)ccc1F. The fourth-order valence-corrected chi connectivity index (χ4v) is 2.86. The monoisotopic (exact) mass is 343 g/mol. The number of likely N-dealkylation sites (N-methyl/N-ethyl adjacent to an activating group) is 1. The van der Waals surface area contributed by atoms with E-state index in [1.807, 2.05) is 48.1 Å². The van der Waals surface area contributed by atoms with Gasteiger partial charge >= 0.3 is 0 Å². The van der Waals surface area contributed by atoms with Crippen LogP contribution in [0.4, 0.5) is 4.39 Å². The molecule has 0 bridgehead atoms. The third kappa shape index (κ3) is 3.58.